The van der Waals surface area contributed by atoms with E-state index in [-0.39, 0.29) is 19.3 Å². The van der Waals surface area contributed by atoms with Crippen LogP contribution in [0.1, 0.15) is 342 Å². The molecule has 0 aliphatic carbocycles. The second kappa shape index (κ2) is 80.9. The number of carbonyl (C=O) groups excluding carboxylic acids is 3. The maximum atomic E-state index is 13.0. The third-order valence-electron chi connectivity index (χ3n) is 17.5. The third-order valence-corrected chi connectivity index (χ3v) is 19.4. The fraction of sp³-hybridized carbons (Fsp3) is 0.697. The lowest BCUT2D eigenvalue weighted by Crippen LogP contribution is -2.30. The fourth-order valence-electron chi connectivity index (χ4n) is 11.2. The SMILES string of the molecule is CC/C=C\C/C=C\C/C=C\C/C=C\C/C=C\C/C=C\CCCCCCC(=O)OCC(COP(=O)(O)OCC(O)COP(=O)(O)OCC(O)COC(=O)CCCCCCCCCCCCCCCCCCC/C=C\C/C=C\C/C=C\C/C=C\C/C=C\CC)OC(=O)CCCCCCC/C=C\CCCCCCCC. The van der Waals surface area contributed by atoms with Gasteiger partial charge in [-0.15, -0.1) is 0 Å². The van der Waals surface area contributed by atoms with Crippen LogP contribution in [0.5, 0.6) is 0 Å². The molecular weight excluding hydrogens is 1390 g/mol. The molecule has 16 nitrogen and oxygen atoms in total. The molecule has 0 aromatic rings. The molecule has 0 aromatic heterocycles. The summed E-state index contributed by atoms with van der Waals surface area (Å²) >= 11 is 0. The van der Waals surface area contributed by atoms with E-state index in [1.807, 2.05) is 0 Å². The van der Waals surface area contributed by atoms with Gasteiger partial charge in [-0.3, -0.25) is 32.5 Å². The topological polar surface area (TPSA) is 231 Å². The number of allylic oxidation sites excluding steroid dienone is 24. The van der Waals surface area contributed by atoms with Gasteiger partial charge in [-0.1, -0.05) is 327 Å². The summed E-state index contributed by atoms with van der Waals surface area (Å²) in [7, 11) is -9.81. The van der Waals surface area contributed by atoms with Crippen molar-refractivity contribution in [1.29, 1.82) is 0 Å². The first-order chi connectivity index (χ1) is 52.2. The first-order valence-electron chi connectivity index (χ1n) is 42.1. The zero-order valence-corrected chi connectivity index (χ0v) is 69.1. The average Bonchev–Trinajstić information content (AvgIpc) is 0.912. The minimum absolute atomic E-state index is 0.0861. The van der Waals surface area contributed by atoms with E-state index >= 15 is 0 Å². The summed E-state index contributed by atoms with van der Waals surface area (Å²) in [5, 5.41) is 20.7. The first kappa shape index (κ1) is 102. The number of ether oxygens (including phenoxy) is 3. The minimum atomic E-state index is -4.94. The summed E-state index contributed by atoms with van der Waals surface area (Å²) in [4.78, 5) is 58.7. The second-order valence-electron chi connectivity index (χ2n) is 27.9. The Kier molecular flexibility index (Phi) is 77.5. The molecule has 614 valence electrons. The summed E-state index contributed by atoms with van der Waals surface area (Å²) < 4.78 is 61.2. The molecule has 18 heteroatoms. The van der Waals surface area contributed by atoms with Gasteiger partial charge in [0.15, 0.2) is 6.10 Å². The van der Waals surface area contributed by atoms with E-state index in [1.54, 1.807) is 0 Å². The molecule has 0 spiro atoms. The number of esters is 3. The van der Waals surface area contributed by atoms with E-state index in [2.05, 4.69) is 167 Å². The molecule has 0 rings (SSSR count). The van der Waals surface area contributed by atoms with Crippen molar-refractivity contribution in [1.82, 2.24) is 0 Å². The van der Waals surface area contributed by atoms with E-state index < -0.39 is 91.5 Å². The Labute approximate surface area is 651 Å². The van der Waals surface area contributed by atoms with Gasteiger partial charge in [0.25, 0.3) is 0 Å². The Hall–Kier alpha value is -4.57. The van der Waals surface area contributed by atoms with Crippen LogP contribution >= 0.6 is 15.6 Å². The predicted octanol–water partition coefficient (Wildman–Crippen LogP) is 25.2. The van der Waals surface area contributed by atoms with Gasteiger partial charge in [0.2, 0.25) is 0 Å². The van der Waals surface area contributed by atoms with Crippen LogP contribution in [0.3, 0.4) is 0 Å². The number of aliphatic hydroxyl groups excluding tert-OH is 2. The Morgan fingerprint density at radius 3 is 0.794 bits per heavy atom. The summed E-state index contributed by atoms with van der Waals surface area (Å²) in [6.45, 7) is 2.43. The molecule has 0 aliphatic rings. The van der Waals surface area contributed by atoms with Crippen molar-refractivity contribution in [3.8, 4) is 0 Å². The van der Waals surface area contributed by atoms with Gasteiger partial charge in [0.1, 0.15) is 25.4 Å². The van der Waals surface area contributed by atoms with Crippen molar-refractivity contribution in [2.24, 2.45) is 0 Å². The normalized spacial score (nSPS) is 14.6. The van der Waals surface area contributed by atoms with Crippen LogP contribution in [0.25, 0.3) is 0 Å². The van der Waals surface area contributed by atoms with Gasteiger partial charge in [-0.2, -0.15) is 0 Å². The summed E-state index contributed by atoms with van der Waals surface area (Å²) in [6.07, 6.45) is 100. The lowest BCUT2D eigenvalue weighted by atomic mass is 10.0. The third kappa shape index (κ3) is 82.2. The maximum Gasteiger partial charge on any atom is 0.472 e. The highest BCUT2D eigenvalue weighted by Crippen LogP contribution is 2.45. The maximum absolute atomic E-state index is 13.0. The molecule has 0 aromatic carbocycles. The van der Waals surface area contributed by atoms with Gasteiger partial charge in [0, 0.05) is 19.3 Å². The number of hydrogen-bond donors (Lipinski definition) is 4. The van der Waals surface area contributed by atoms with E-state index in [0.717, 1.165) is 154 Å². The number of rotatable bonds is 79. The van der Waals surface area contributed by atoms with Crippen LogP contribution in [0.2, 0.25) is 0 Å². The van der Waals surface area contributed by atoms with Gasteiger partial charge < -0.3 is 34.2 Å². The fourth-order valence-corrected chi connectivity index (χ4v) is 12.8. The standard InChI is InChI=1S/C89H152O16P2/c1-4-7-10-13-16-19-22-25-28-30-32-34-36-37-38-39-40-41-42-43-44-45-47-49-50-52-55-57-60-63-66-69-72-75-87(92)99-78-84(90)79-101-106(95,96)102-80-85(91)81-103-107(97,98)104-83-86(105-89(94)77-74-71-68-65-62-59-54-27-24-21-18-15-12-9-6-3)82-100-88(93)76-73-70-67-64-61-58-56-53-51-48-46-35-33-31-29-26-23-20-17-14-11-8-5-2/h7-8,10-11,16-17,19-20,25-29,32-35,37-38,48,51,54,56,58,84-86,90-91H,4-6,9,12-15,18,21-24,30-31,36,39-47,49-50,52-53,55,57,59-83H2,1-3H3,(H,95,96)(H,97,98)/b10-7-,11-8-,19-16-,20-17-,28-25-,29-26-,34-32-,35-33-,38-37-,51-48-,54-27-,58-56-. The molecule has 4 N–H and O–H groups in total. The molecule has 0 fully saturated rings. The molecule has 0 bridgehead atoms. The Balaban J connectivity index is 4.49. The number of phosphoric acid groups is 2. The highest BCUT2D eigenvalue weighted by molar-refractivity contribution is 7.47. The zero-order chi connectivity index (χ0) is 78.0. The summed E-state index contributed by atoms with van der Waals surface area (Å²) in [6, 6.07) is 0. The van der Waals surface area contributed by atoms with Gasteiger partial charge in [0.05, 0.1) is 26.4 Å². The van der Waals surface area contributed by atoms with E-state index in [9.17, 15) is 43.5 Å². The van der Waals surface area contributed by atoms with Crippen molar-refractivity contribution in [2.75, 3.05) is 39.6 Å². The number of hydrogen-bond acceptors (Lipinski definition) is 14. The number of aliphatic hydroxyl groups is 2. The van der Waals surface area contributed by atoms with Crippen LogP contribution in [0.15, 0.2) is 146 Å². The Bertz CT molecular complexity index is 2530. The minimum Gasteiger partial charge on any atom is -0.463 e. The van der Waals surface area contributed by atoms with Crippen molar-refractivity contribution in [3.63, 3.8) is 0 Å². The monoisotopic (exact) mass is 1540 g/mol. The van der Waals surface area contributed by atoms with Gasteiger partial charge in [-0.25, -0.2) is 9.13 Å². The summed E-state index contributed by atoms with van der Waals surface area (Å²) in [5.41, 5.74) is 0. The molecule has 0 saturated carbocycles. The molecule has 0 heterocycles. The largest absolute Gasteiger partial charge is 0.472 e. The zero-order valence-electron chi connectivity index (χ0n) is 67.3. The molecule has 0 saturated heterocycles. The van der Waals surface area contributed by atoms with Crippen molar-refractivity contribution >= 4 is 33.6 Å². The molecule has 0 aliphatic heterocycles. The summed E-state index contributed by atoms with van der Waals surface area (Å²) in [5.74, 6) is -1.61. The van der Waals surface area contributed by atoms with Gasteiger partial charge >= 0.3 is 33.6 Å². The first-order valence-corrected chi connectivity index (χ1v) is 45.1. The van der Waals surface area contributed by atoms with E-state index in [1.165, 1.54) is 128 Å². The van der Waals surface area contributed by atoms with Crippen LogP contribution < -0.4 is 0 Å². The number of unbranched alkanes of at least 4 members (excludes halogenated alkanes) is 32. The van der Waals surface area contributed by atoms with Crippen molar-refractivity contribution in [3.05, 3.63) is 146 Å². The van der Waals surface area contributed by atoms with Gasteiger partial charge in [-0.05, 0) is 141 Å². The quantitative estimate of drug-likeness (QED) is 0.0146. The van der Waals surface area contributed by atoms with Crippen molar-refractivity contribution in [2.45, 2.75) is 360 Å². The molecular formula is C89H152O16P2. The molecule has 5 atom stereocenters. The van der Waals surface area contributed by atoms with Crippen LogP contribution in [0, 0.1) is 0 Å². The molecule has 0 amide bonds. The molecule has 0 radical (unpaired) electrons. The van der Waals surface area contributed by atoms with E-state index in [0.29, 0.717) is 19.3 Å². The smallest absolute Gasteiger partial charge is 0.463 e. The van der Waals surface area contributed by atoms with Crippen molar-refractivity contribution < 1.29 is 75.8 Å². The number of carbonyl (C=O) groups is 3. The highest BCUT2D eigenvalue weighted by atomic mass is 31.2. The lowest BCUT2D eigenvalue weighted by molar-refractivity contribution is -0.161. The molecule has 5 unspecified atom stereocenters. The van der Waals surface area contributed by atoms with Crippen LogP contribution in [-0.2, 0) is 55.8 Å². The lowest BCUT2D eigenvalue weighted by Gasteiger charge is -2.21. The second-order valence-corrected chi connectivity index (χ2v) is 30.8. The average molecular weight is 1540 g/mol. The van der Waals surface area contributed by atoms with Crippen LogP contribution in [0.4, 0.5) is 0 Å². The highest BCUT2D eigenvalue weighted by Gasteiger charge is 2.29. The Morgan fingerprint density at radius 2 is 0.495 bits per heavy atom. The number of phosphoric ester groups is 2. The van der Waals surface area contributed by atoms with Crippen LogP contribution in [-0.4, -0.2) is 95.9 Å². The predicted molar refractivity (Wildman–Crippen MR) is 445 cm³/mol. The molecule has 107 heavy (non-hydrogen) atoms. The Morgan fingerprint density at radius 1 is 0.271 bits per heavy atom. The van der Waals surface area contributed by atoms with E-state index in [4.69, 9.17) is 32.3 Å².